The number of carbonyl (C=O) groups excluding carboxylic acids is 1. The molecule has 1 aromatic carbocycles. The highest BCUT2D eigenvalue weighted by molar-refractivity contribution is 5.98. The number of nitrogens with zero attached hydrogens (tertiary/aromatic N) is 1. The van der Waals surface area contributed by atoms with Crippen LogP contribution in [0.1, 0.15) is 39.0 Å². The van der Waals surface area contributed by atoms with E-state index in [-0.39, 0.29) is 11.3 Å². The van der Waals surface area contributed by atoms with Crippen molar-refractivity contribution in [1.82, 2.24) is 0 Å². The van der Waals surface area contributed by atoms with Crippen LogP contribution in [-0.2, 0) is 4.79 Å². The molecule has 0 spiro atoms. The smallest absolute Gasteiger partial charge is 0.233 e. The Hall–Kier alpha value is -1.55. The molecule has 0 aliphatic heterocycles. The first kappa shape index (κ1) is 15.8. The zero-order chi connectivity index (χ0) is 15.3. The lowest BCUT2D eigenvalue weighted by Gasteiger charge is -2.32. The van der Waals surface area contributed by atoms with E-state index < -0.39 is 0 Å². The van der Waals surface area contributed by atoms with Crippen molar-refractivity contribution >= 4 is 11.6 Å². The Morgan fingerprint density at radius 3 is 2.62 bits per heavy atom. The number of carbonyl (C=O) groups is 1. The Kier molecular flexibility index (Phi) is 5.23. The van der Waals surface area contributed by atoms with Crippen LogP contribution in [0, 0.1) is 5.41 Å². The Morgan fingerprint density at radius 1 is 1.33 bits per heavy atom. The summed E-state index contributed by atoms with van der Waals surface area (Å²) in [7, 11) is 1.64. The third-order valence-electron chi connectivity index (χ3n) is 4.43. The number of hydrogen-bond donors (Lipinski definition) is 1. The number of anilines is 1. The Balaban J connectivity index is 2.31. The summed E-state index contributed by atoms with van der Waals surface area (Å²) in [4.78, 5) is 14.9. The molecule has 0 atom stereocenters. The van der Waals surface area contributed by atoms with Crippen molar-refractivity contribution in [2.45, 2.75) is 39.0 Å². The zero-order valence-electron chi connectivity index (χ0n) is 13.1. The summed E-state index contributed by atoms with van der Waals surface area (Å²) < 4.78 is 5.43. The molecule has 4 nitrogen and oxygen atoms in total. The predicted molar refractivity (Wildman–Crippen MR) is 85.6 cm³/mol. The van der Waals surface area contributed by atoms with Crippen LogP contribution in [0.2, 0.25) is 0 Å². The van der Waals surface area contributed by atoms with Crippen LogP contribution in [-0.4, -0.2) is 26.1 Å². The van der Waals surface area contributed by atoms with Crippen molar-refractivity contribution < 1.29 is 9.53 Å². The molecule has 1 saturated carbocycles. The molecule has 0 aromatic heterocycles. The first-order valence-corrected chi connectivity index (χ1v) is 7.77. The number of nitrogens with two attached hydrogens (primary N) is 1. The number of hydrogen-bond acceptors (Lipinski definition) is 3. The normalized spacial score (nSPS) is 16.7. The van der Waals surface area contributed by atoms with E-state index in [9.17, 15) is 4.79 Å². The van der Waals surface area contributed by atoms with E-state index >= 15 is 0 Å². The molecule has 4 heteroatoms. The molecule has 0 heterocycles. The lowest BCUT2D eigenvalue weighted by atomic mass is 9.87. The molecule has 116 valence electrons. The van der Waals surface area contributed by atoms with Crippen molar-refractivity contribution in [2.24, 2.45) is 11.1 Å². The van der Waals surface area contributed by atoms with Gasteiger partial charge in [0.15, 0.2) is 0 Å². The van der Waals surface area contributed by atoms with Gasteiger partial charge in [0.25, 0.3) is 0 Å². The van der Waals surface area contributed by atoms with Gasteiger partial charge in [0, 0.05) is 12.0 Å². The maximum absolute atomic E-state index is 13.1. The van der Waals surface area contributed by atoms with E-state index in [4.69, 9.17) is 10.5 Å². The van der Waals surface area contributed by atoms with E-state index in [2.05, 4.69) is 6.92 Å². The minimum Gasteiger partial charge on any atom is -0.495 e. The van der Waals surface area contributed by atoms with Gasteiger partial charge < -0.3 is 15.4 Å². The lowest BCUT2D eigenvalue weighted by molar-refractivity contribution is -0.127. The maximum Gasteiger partial charge on any atom is 0.233 e. The van der Waals surface area contributed by atoms with Gasteiger partial charge in [-0.1, -0.05) is 31.9 Å². The lowest BCUT2D eigenvalue weighted by Crippen LogP contribution is -2.42. The van der Waals surface area contributed by atoms with Crippen LogP contribution in [0.4, 0.5) is 5.69 Å². The van der Waals surface area contributed by atoms with Crippen LogP contribution in [0.5, 0.6) is 5.75 Å². The minimum absolute atomic E-state index is 0.206. The van der Waals surface area contributed by atoms with Gasteiger partial charge in [0.05, 0.1) is 12.8 Å². The number of ether oxygens (including phenoxy) is 1. The summed E-state index contributed by atoms with van der Waals surface area (Å²) in [6, 6.07) is 7.71. The molecule has 0 radical (unpaired) electrons. The highest BCUT2D eigenvalue weighted by Gasteiger charge is 2.39. The Bertz CT molecular complexity index is 481. The molecule has 1 aliphatic carbocycles. The molecule has 21 heavy (non-hydrogen) atoms. The highest BCUT2D eigenvalue weighted by atomic mass is 16.5. The van der Waals surface area contributed by atoms with Crippen molar-refractivity contribution in [3.63, 3.8) is 0 Å². The Labute approximate surface area is 127 Å². The summed E-state index contributed by atoms with van der Waals surface area (Å²) in [5, 5.41) is 0. The van der Waals surface area contributed by atoms with E-state index in [1.54, 1.807) is 7.11 Å². The molecule has 0 unspecified atom stereocenters. The van der Waals surface area contributed by atoms with E-state index in [1.807, 2.05) is 29.2 Å². The van der Waals surface area contributed by atoms with Gasteiger partial charge in [0.2, 0.25) is 5.91 Å². The van der Waals surface area contributed by atoms with Gasteiger partial charge in [-0.25, -0.2) is 0 Å². The first-order valence-electron chi connectivity index (χ1n) is 7.77. The molecule has 0 saturated heterocycles. The minimum atomic E-state index is -0.241. The second-order valence-electron chi connectivity index (χ2n) is 6.04. The number of amides is 1. The van der Waals surface area contributed by atoms with Crippen LogP contribution < -0.4 is 15.4 Å². The monoisotopic (exact) mass is 290 g/mol. The largest absolute Gasteiger partial charge is 0.495 e. The van der Waals surface area contributed by atoms with Crippen molar-refractivity contribution in [1.29, 1.82) is 0 Å². The molecular weight excluding hydrogens is 264 g/mol. The molecule has 1 amide bonds. The third-order valence-corrected chi connectivity index (χ3v) is 4.43. The number of para-hydroxylation sites is 2. The quantitative estimate of drug-likeness (QED) is 0.876. The molecule has 1 aliphatic rings. The summed E-state index contributed by atoms with van der Waals surface area (Å²) in [6.07, 6.45) is 5.01. The average Bonchev–Trinajstić information content (AvgIpc) is 2.96. The topological polar surface area (TPSA) is 55.6 Å². The van der Waals surface area contributed by atoms with E-state index in [1.165, 1.54) is 0 Å². The third kappa shape index (κ3) is 3.38. The van der Waals surface area contributed by atoms with Crippen LogP contribution in [0.15, 0.2) is 24.3 Å². The molecule has 2 N–H and O–H groups in total. The maximum atomic E-state index is 13.1. The summed E-state index contributed by atoms with van der Waals surface area (Å²) in [5.74, 6) is 0.947. The van der Waals surface area contributed by atoms with Gasteiger partial charge in [-0.15, -0.1) is 0 Å². The summed E-state index contributed by atoms with van der Waals surface area (Å²) in [5.41, 5.74) is 6.26. The molecule has 1 fully saturated rings. The van der Waals surface area contributed by atoms with Crippen molar-refractivity contribution in [3.05, 3.63) is 24.3 Å². The SMILES string of the molecule is COc1ccccc1N(CCCN)C(=O)C1(C)CCCC1. The summed E-state index contributed by atoms with van der Waals surface area (Å²) in [6.45, 7) is 3.31. The van der Waals surface area contributed by atoms with Crippen molar-refractivity contribution in [3.8, 4) is 5.75 Å². The predicted octanol–water partition coefficient (Wildman–Crippen LogP) is 2.96. The van der Waals surface area contributed by atoms with Gasteiger partial charge in [-0.05, 0) is 37.9 Å². The van der Waals surface area contributed by atoms with E-state index in [0.29, 0.717) is 13.1 Å². The van der Waals surface area contributed by atoms with Gasteiger partial charge in [-0.2, -0.15) is 0 Å². The molecular formula is C17H26N2O2. The van der Waals surface area contributed by atoms with Gasteiger partial charge in [0.1, 0.15) is 5.75 Å². The summed E-state index contributed by atoms with van der Waals surface area (Å²) >= 11 is 0. The molecule has 1 aromatic rings. The number of methoxy groups -OCH3 is 1. The highest BCUT2D eigenvalue weighted by Crippen LogP contribution is 2.41. The van der Waals surface area contributed by atoms with Crippen LogP contribution in [0.3, 0.4) is 0 Å². The Morgan fingerprint density at radius 2 is 2.00 bits per heavy atom. The van der Waals surface area contributed by atoms with Crippen LogP contribution in [0.25, 0.3) is 0 Å². The molecule has 0 bridgehead atoms. The van der Waals surface area contributed by atoms with Crippen LogP contribution >= 0.6 is 0 Å². The standard InChI is InChI=1S/C17H26N2O2/c1-17(10-5-6-11-17)16(20)19(13-7-12-18)14-8-3-4-9-15(14)21-2/h3-4,8-9H,5-7,10-13,18H2,1-2H3. The van der Waals surface area contributed by atoms with E-state index in [0.717, 1.165) is 43.5 Å². The fraction of sp³-hybridized carbons (Fsp3) is 0.588. The fourth-order valence-corrected chi connectivity index (χ4v) is 3.13. The zero-order valence-corrected chi connectivity index (χ0v) is 13.1. The average molecular weight is 290 g/mol. The number of rotatable bonds is 6. The molecule has 2 rings (SSSR count). The number of benzene rings is 1. The van der Waals surface area contributed by atoms with Gasteiger partial charge in [-0.3, -0.25) is 4.79 Å². The second-order valence-corrected chi connectivity index (χ2v) is 6.04. The first-order chi connectivity index (χ1) is 10.1. The second kappa shape index (κ2) is 6.94. The van der Waals surface area contributed by atoms with Crippen molar-refractivity contribution in [2.75, 3.05) is 25.1 Å². The van der Waals surface area contributed by atoms with Gasteiger partial charge >= 0.3 is 0 Å². The fourth-order valence-electron chi connectivity index (χ4n) is 3.13.